The van der Waals surface area contributed by atoms with Crippen LogP contribution < -0.4 is 14.8 Å². The van der Waals surface area contributed by atoms with Crippen molar-refractivity contribution in [2.75, 3.05) is 11.9 Å². The van der Waals surface area contributed by atoms with Gasteiger partial charge < -0.3 is 14.8 Å². The fraction of sp³-hybridized carbons (Fsp3) is 0.206. The predicted molar refractivity (Wildman–Crippen MR) is 168 cm³/mol. The second-order valence-electron chi connectivity index (χ2n) is 10.1. The SMILES string of the molecule is CCOc1cc(C=Nc2ccc([C@@H]3Nc4ccccc4[C@H]4C=CC[C@H]43)cc2)cc(I)c1OCc1ccccc1F. The van der Waals surface area contributed by atoms with E-state index in [0.29, 0.717) is 35.5 Å². The topological polar surface area (TPSA) is 42.8 Å². The third-order valence-corrected chi connectivity index (χ3v) is 8.35. The largest absolute Gasteiger partial charge is 0.490 e. The molecule has 0 aromatic heterocycles. The molecule has 0 spiro atoms. The number of halogens is 2. The van der Waals surface area contributed by atoms with Crippen LogP contribution in [0.4, 0.5) is 15.8 Å². The molecule has 0 fully saturated rings. The number of benzene rings is 4. The average molecular weight is 645 g/mol. The van der Waals surface area contributed by atoms with Gasteiger partial charge in [0.05, 0.1) is 21.9 Å². The highest BCUT2D eigenvalue weighted by atomic mass is 127. The van der Waals surface area contributed by atoms with Crippen molar-refractivity contribution in [3.05, 3.63) is 129 Å². The zero-order valence-corrected chi connectivity index (χ0v) is 24.3. The lowest BCUT2D eigenvalue weighted by Crippen LogP contribution is -2.28. The van der Waals surface area contributed by atoms with Gasteiger partial charge in [0, 0.05) is 23.4 Å². The molecule has 6 heteroatoms. The molecule has 0 saturated carbocycles. The quantitative estimate of drug-likeness (QED) is 0.118. The van der Waals surface area contributed by atoms with Gasteiger partial charge in [-0.15, -0.1) is 0 Å². The number of hydrogen-bond donors (Lipinski definition) is 1. The Morgan fingerprint density at radius 2 is 1.80 bits per heavy atom. The Hall–Kier alpha value is -3.65. The minimum atomic E-state index is -0.283. The number of hydrogen-bond acceptors (Lipinski definition) is 4. The van der Waals surface area contributed by atoms with Gasteiger partial charge in [-0.3, -0.25) is 4.99 Å². The minimum Gasteiger partial charge on any atom is -0.490 e. The van der Waals surface area contributed by atoms with E-state index in [1.807, 2.05) is 25.3 Å². The molecule has 0 saturated heterocycles. The van der Waals surface area contributed by atoms with E-state index in [4.69, 9.17) is 14.5 Å². The summed E-state index contributed by atoms with van der Waals surface area (Å²) in [6.07, 6.45) is 7.60. The lowest BCUT2D eigenvalue weighted by atomic mass is 9.77. The van der Waals surface area contributed by atoms with Gasteiger partial charge in [0.15, 0.2) is 11.5 Å². The van der Waals surface area contributed by atoms with Crippen LogP contribution in [0.3, 0.4) is 0 Å². The molecule has 1 aliphatic carbocycles. The molecule has 0 bridgehead atoms. The van der Waals surface area contributed by atoms with Gasteiger partial charge in [-0.1, -0.05) is 60.7 Å². The van der Waals surface area contributed by atoms with Crippen molar-refractivity contribution in [2.24, 2.45) is 10.9 Å². The molecule has 1 aliphatic heterocycles. The van der Waals surface area contributed by atoms with Gasteiger partial charge >= 0.3 is 0 Å². The van der Waals surface area contributed by atoms with Crippen LogP contribution in [0.15, 0.2) is 102 Å². The van der Waals surface area contributed by atoms with Crippen molar-refractivity contribution in [3.8, 4) is 11.5 Å². The van der Waals surface area contributed by atoms with Crippen LogP contribution >= 0.6 is 22.6 Å². The van der Waals surface area contributed by atoms with E-state index in [0.717, 1.165) is 21.2 Å². The van der Waals surface area contributed by atoms with E-state index in [2.05, 4.69) is 88.6 Å². The number of nitrogens with zero attached hydrogens (tertiary/aromatic N) is 1. The third kappa shape index (κ3) is 5.50. The van der Waals surface area contributed by atoms with Gasteiger partial charge in [-0.05, 0) is 94.9 Å². The van der Waals surface area contributed by atoms with Crippen LogP contribution in [0.5, 0.6) is 11.5 Å². The molecule has 4 nitrogen and oxygen atoms in total. The lowest BCUT2D eigenvalue weighted by Gasteiger charge is -2.37. The monoisotopic (exact) mass is 644 g/mol. The number of fused-ring (bicyclic) bond motifs is 3. The van der Waals surface area contributed by atoms with Crippen molar-refractivity contribution < 1.29 is 13.9 Å². The summed E-state index contributed by atoms with van der Waals surface area (Å²) in [6.45, 7) is 2.55. The van der Waals surface area contributed by atoms with Gasteiger partial charge in [-0.2, -0.15) is 0 Å². The summed E-state index contributed by atoms with van der Waals surface area (Å²) in [7, 11) is 0. The number of allylic oxidation sites excluding steroid dienone is 2. The minimum absolute atomic E-state index is 0.127. The second-order valence-corrected chi connectivity index (χ2v) is 11.2. The molecule has 0 amide bonds. The summed E-state index contributed by atoms with van der Waals surface area (Å²) in [5, 5.41) is 3.79. The molecule has 2 aliphatic rings. The van der Waals surface area contributed by atoms with E-state index >= 15 is 0 Å². The van der Waals surface area contributed by atoms with Gasteiger partial charge in [0.2, 0.25) is 0 Å². The van der Waals surface area contributed by atoms with Crippen molar-refractivity contribution >= 4 is 40.2 Å². The summed E-state index contributed by atoms with van der Waals surface area (Å²) in [5.41, 5.74) is 6.18. The maximum Gasteiger partial charge on any atom is 0.175 e. The molecule has 0 radical (unpaired) electrons. The van der Waals surface area contributed by atoms with Crippen molar-refractivity contribution in [2.45, 2.75) is 31.9 Å². The van der Waals surface area contributed by atoms with Crippen LogP contribution in [0.25, 0.3) is 0 Å². The van der Waals surface area contributed by atoms with E-state index < -0.39 is 0 Å². The van der Waals surface area contributed by atoms with E-state index in [-0.39, 0.29) is 18.5 Å². The van der Waals surface area contributed by atoms with Gasteiger partial charge in [0.1, 0.15) is 12.4 Å². The average Bonchev–Trinajstić information content (AvgIpc) is 3.47. The fourth-order valence-electron chi connectivity index (χ4n) is 5.62. The lowest BCUT2D eigenvalue weighted by molar-refractivity contribution is 0.264. The summed E-state index contributed by atoms with van der Waals surface area (Å²) in [4.78, 5) is 4.74. The van der Waals surface area contributed by atoms with Crippen molar-refractivity contribution in [1.82, 2.24) is 0 Å². The Bertz CT molecular complexity index is 1570. The molecule has 40 heavy (non-hydrogen) atoms. The number of nitrogens with one attached hydrogen (secondary N) is 1. The highest BCUT2D eigenvalue weighted by Gasteiger charge is 2.37. The molecule has 202 valence electrons. The first kappa shape index (κ1) is 26.6. The number of para-hydroxylation sites is 1. The summed E-state index contributed by atoms with van der Waals surface area (Å²) < 4.78 is 26.8. The summed E-state index contributed by atoms with van der Waals surface area (Å²) in [5.74, 6) is 1.91. The molecular weight excluding hydrogens is 614 g/mol. The number of anilines is 1. The number of ether oxygens (including phenoxy) is 2. The Morgan fingerprint density at radius 3 is 2.62 bits per heavy atom. The number of aliphatic imine (C=N–C) groups is 1. The van der Waals surface area contributed by atoms with Crippen LogP contribution in [0.2, 0.25) is 0 Å². The summed E-state index contributed by atoms with van der Waals surface area (Å²) in [6, 6.07) is 28.0. The first-order valence-corrected chi connectivity index (χ1v) is 14.7. The van der Waals surface area contributed by atoms with Crippen LogP contribution in [-0.4, -0.2) is 12.8 Å². The molecular formula is C34H30FIN2O2. The van der Waals surface area contributed by atoms with E-state index in [1.54, 1.807) is 18.2 Å². The van der Waals surface area contributed by atoms with Crippen LogP contribution in [-0.2, 0) is 6.61 Å². The molecule has 3 atom stereocenters. The van der Waals surface area contributed by atoms with Gasteiger partial charge in [-0.25, -0.2) is 4.39 Å². The first-order valence-electron chi connectivity index (χ1n) is 13.6. The Labute approximate surface area is 248 Å². The Balaban J connectivity index is 1.18. The van der Waals surface area contributed by atoms with E-state index in [1.165, 1.54) is 22.9 Å². The maximum absolute atomic E-state index is 14.1. The molecule has 0 unspecified atom stereocenters. The van der Waals surface area contributed by atoms with Crippen molar-refractivity contribution in [3.63, 3.8) is 0 Å². The predicted octanol–water partition coefficient (Wildman–Crippen LogP) is 8.99. The maximum atomic E-state index is 14.1. The molecule has 4 aromatic rings. The zero-order valence-electron chi connectivity index (χ0n) is 22.2. The highest BCUT2D eigenvalue weighted by Crippen LogP contribution is 2.49. The number of rotatable bonds is 8. The zero-order chi connectivity index (χ0) is 27.5. The molecule has 6 rings (SSSR count). The fourth-order valence-corrected chi connectivity index (χ4v) is 6.40. The molecule has 4 aromatic carbocycles. The Kier molecular flexibility index (Phi) is 7.86. The Morgan fingerprint density at radius 1 is 1.00 bits per heavy atom. The standard InChI is InChI=1S/C34H30FIN2O2/c1-2-39-32-19-22(18-30(36)34(32)40-21-24-8-3-5-12-29(24)35)20-37-25-16-14-23(15-17-25)33-28-11-7-10-26(28)27-9-4-6-13-31(27)38-33/h3-10,12-20,26,28,33,38H,2,11,21H2,1H3/t26-,28-,33+/m1/s1. The van der Waals surface area contributed by atoms with Crippen LogP contribution in [0, 0.1) is 15.3 Å². The van der Waals surface area contributed by atoms with Crippen LogP contribution in [0.1, 0.15) is 47.6 Å². The third-order valence-electron chi connectivity index (χ3n) is 7.55. The second kappa shape index (κ2) is 11.8. The highest BCUT2D eigenvalue weighted by molar-refractivity contribution is 14.1. The normalized spacial score (nSPS) is 19.2. The van der Waals surface area contributed by atoms with Gasteiger partial charge in [0.25, 0.3) is 0 Å². The van der Waals surface area contributed by atoms with Crippen molar-refractivity contribution in [1.29, 1.82) is 0 Å². The smallest absolute Gasteiger partial charge is 0.175 e. The summed E-state index contributed by atoms with van der Waals surface area (Å²) >= 11 is 2.23. The van der Waals surface area contributed by atoms with E-state index in [9.17, 15) is 4.39 Å². The molecule has 1 heterocycles. The first-order chi connectivity index (χ1) is 19.6. The molecule has 1 N–H and O–H groups in total.